The monoisotopic (exact) mass is 402 g/mol. The second-order valence-electron chi connectivity index (χ2n) is 6.69. The van der Waals surface area contributed by atoms with Crippen LogP contribution in [0.4, 0.5) is 17.5 Å². The van der Waals surface area contributed by atoms with E-state index in [9.17, 15) is 4.79 Å². The van der Waals surface area contributed by atoms with Gasteiger partial charge in [0.1, 0.15) is 5.82 Å². The van der Waals surface area contributed by atoms with Crippen LogP contribution in [0.5, 0.6) is 0 Å². The van der Waals surface area contributed by atoms with Gasteiger partial charge in [-0.1, -0.05) is 48.0 Å². The molecule has 1 aromatic heterocycles. The number of hydrogen-bond donors (Lipinski definition) is 1. The minimum atomic E-state index is -0.213. The van der Waals surface area contributed by atoms with Crippen LogP contribution in [0, 0.1) is 0 Å². The highest BCUT2D eigenvalue weighted by Gasteiger charge is 2.15. The average Bonchev–Trinajstić information content (AvgIpc) is 2.73. The van der Waals surface area contributed by atoms with Crippen LogP contribution in [0.3, 0.4) is 0 Å². The van der Waals surface area contributed by atoms with Crippen LogP contribution in [-0.4, -0.2) is 22.9 Å². The summed E-state index contributed by atoms with van der Waals surface area (Å²) in [6, 6.07) is 23.6. The van der Waals surface area contributed by atoms with Crippen LogP contribution >= 0.6 is 11.6 Å². The zero-order valence-corrected chi connectivity index (χ0v) is 16.8. The van der Waals surface area contributed by atoms with Crippen molar-refractivity contribution >= 4 is 45.9 Å². The zero-order chi connectivity index (χ0) is 20.4. The van der Waals surface area contributed by atoms with E-state index in [1.807, 2.05) is 78.7 Å². The Morgan fingerprint density at radius 2 is 1.62 bits per heavy atom. The van der Waals surface area contributed by atoms with E-state index in [-0.39, 0.29) is 11.9 Å². The van der Waals surface area contributed by atoms with E-state index in [0.29, 0.717) is 10.8 Å². The summed E-state index contributed by atoms with van der Waals surface area (Å²) in [5, 5.41) is 4.28. The summed E-state index contributed by atoms with van der Waals surface area (Å²) in [6.07, 6.45) is 0. The van der Waals surface area contributed by atoms with E-state index >= 15 is 0 Å². The molecule has 0 aliphatic rings. The maximum atomic E-state index is 11.6. The Labute approximate surface area is 174 Å². The van der Waals surface area contributed by atoms with Crippen molar-refractivity contribution in [1.29, 1.82) is 0 Å². The third kappa shape index (κ3) is 4.05. The number of halogens is 1. The van der Waals surface area contributed by atoms with Crippen molar-refractivity contribution in [3.63, 3.8) is 0 Å². The van der Waals surface area contributed by atoms with E-state index in [1.165, 1.54) is 6.92 Å². The molecule has 0 bridgehead atoms. The summed E-state index contributed by atoms with van der Waals surface area (Å²) in [5.74, 6) is 0.776. The van der Waals surface area contributed by atoms with Crippen LogP contribution in [0.15, 0.2) is 72.8 Å². The lowest BCUT2D eigenvalue weighted by atomic mass is 10.0. The number of carbonyl (C=O) groups is 1. The third-order valence-electron chi connectivity index (χ3n) is 4.60. The molecule has 0 saturated carbocycles. The molecule has 5 nitrogen and oxygen atoms in total. The molecular weight excluding hydrogens is 384 g/mol. The van der Waals surface area contributed by atoms with Crippen molar-refractivity contribution in [1.82, 2.24) is 9.97 Å². The Morgan fingerprint density at radius 3 is 2.31 bits per heavy atom. The molecule has 0 aliphatic heterocycles. The quantitative estimate of drug-likeness (QED) is 0.477. The molecule has 0 unspecified atom stereocenters. The molecule has 6 heteroatoms. The van der Waals surface area contributed by atoms with Crippen molar-refractivity contribution in [3.8, 4) is 11.1 Å². The molecule has 0 fully saturated rings. The fraction of sp³-hybridized carbons (Fsp3) is 0.0870. The third-order valence-corrected chi connectivity index (χ3v) is 4.85. The van der Waals surface area contributed by atoms with Gasteiger partial charge < -0.3 is 4.90 Å². The molecule has 3 aromatic carbocycles. The second-order valence-corrected chi connectivity index (χ2v) is 7.12. The smallest absolute Gasteiger partial charge is 0.231 e. The molecular formula is C23H19ClN4O. The first-order chi connectivity index (χ1) is 14.0. The first-order valence-corrected chi connectivity index (χ1v) is 9.53. The molecule has 1 amide bonds. The predicted molar refractivity (Wildman–Crippen MR) is 119 cm³/mol. The van der Waals surface area contributed by atoms with E-state index in [0.717, 1.165) is 27.7 Å². The molecule has 29 heavy (non-hydrogen) atoms. The molecule has 4 rings (SSSR count). The van der Waals surface area contributed by atoms with Crippen molar-refractivity contribution in [2.75, 3.05) is 17.3 Å². The second kappa shape index (κ2) is 7.89. The minimum Gasteiger partial charge on any atom is -0.329 e. The highest BCUT2D eigenvalue weighted by molar-refractivity contribution is 6.30. The summed E-state index contributed by atoms with van der Waals surface area (Å²) in [6.45, 7) is 1.44. The fourth-order valence-corrected chi connectivity index (χ4v) is 3.30. The Kier molecular flexibility index (Phi) is 5.14. The summed E-state index contributed by atoms with van der Waals surface area (Å²) >= 11 is 6.03. The highest BCUT2D eigenvalue weighted by Crippen LogP contribution is 2.33. The van der Waals surface area contributed by atoms with E-state index in [4.69, 9.17) is 11.6 Å². The lowest BCUT2D eigenvalue weighted by Crippen LogP contribution is -2.15. The van der Waals surface area contributed by atoms with Gasteiger partial charge in [-0.25, -0.2) is 4.98 Å². The van der Waals surface area contributed by atoms with E-state index in [2.05, 4.69) is 21.4 Å². The van der Waals surface area contributed by atoms with Gasteiger partial charge in [0.2, 0.25) is 11.9 Å². The van der Waals surface area contributed by atoms with E-state index in [1.54, 1.807) is 0 Å². The number of nitrogens with one attached hydrogen (secondary N) is 1. The van der Waals surface area contributed by atoms with Gasteiger partial charge in [0.05, 0.1) is 5.52 Å². The Hall–Kier alpha value is -3.44. The number of carbonyl (C=O) groups excluding carboxylic acids is 1. The van der Waals surface area contributed by atoms with Gasteiger partial charge in [0.25, 0.3) is 0 Å². The molecule has 0 atom stereocenters. The largest absolute Gasteiger partial charge is 0.329 e. The molecule has 0 saturated heterocycles. The van der Waals surface area contributed by atoms with Crippen LogP contribution in [0.1, 0.15) is 6.92 Å². The summed E-state index contributed by atoms with van der Waals surface area (Å²) in [5.41, 5.74) is 3.82. The van der Waals surface area contributed by atoms with E-state index < -0.39 is 0 Å². The maximum Gasteiger partial charge on any atom is 0.231 e. The van der Waals surface area contributed by atoms with Crippen molar-refractivity contribution < 1.29 is 4.79 Å². The summed E-state index contributed by atoms with van der Waals surface area (Å²) in [4.78, 5) is 22.7. The Bertz CT molecular complexity index is 1180. The summed E-state index contributed by atoms with van der Waals surface area (Å²) in [7, 11) is 1.95. The molecule has 4 aromatic rings. The van der Waals surface area contributed by atoms with Gasteiger partial charge in [-0.05, 0) is 47.5 Å². The van der Waals surface area contributed by atoms with Crippen LogP contribution in [0.2, 0.25) is 5.02 Å². The normalized spacial score (nSPS) is 10.7. The van der Waals surface area contributed by atoms with Gasteiger partial charge in [-0.15, -0.1) is 0 Å². The number of hydrogen-bond acceptors (Lipinski definition) is 4. The standard InChI is InChI=1S/C23H19ClN4O/c1-15(29)25-23-26-21-13-10-17(16-8-11-18(24)12-9-16)14-20(21)22(27-23)28(2)19-6-4-3-5-7-19/h3-14H,1-2H3,(H,25,26,27,29). The molecule has 1 N–H and O–H groups in total. The zero-order valence-electron chi connectivity index (χ0n) is 16.1. The predicted octanol–water partition coefficient (Wildman–Crippen LogP) is 5.68. The number of fused-ring (bicyclic) bond motifs is 1. The average molecular weight is 403 g/mol. The molecule has 0 spiro atoms. The van der Waals surface area contributed by atoms with Crippen molar-refractivity contribution in [2.45, 2.75) is 6.92 Å². The molecule has 1 heterocycles. The summed E-state index contributed by atoms with van der Waals surface area (Å²) < 4.78 is 0. The van der Waals surface area contributed by atoms with Gasteiger partial charge in [-0.3, -0.25) is 10.1 Å². The lowest BCUT2D eigenvalue weighted by Gasteiger charge is -2.21. The molecule has 144 valence electrons. The topological polar surface area (TPSA) is 58.1 Å². The van der Waals surface area contributed by atoms with Gasteiger partial charge in [-0.2, -0.15) is 4.98 Å². The maximum absolute atomic E-state index is 11.6. The van der Waals surface area contributed by atoms with Crippen LogP contribution in [0.25, 0.3) is 22.0 Å². The first kappa shape index (κ1) is 18.9. The number of amides is 1. The highest BCUT2D eigenvalue weighted by atomic mass is 35.5. The van der Waals surface area contributed by atoms with Gasteiger partial charge >= 0.3 is 0 Å². The van der Waals surface area contributed by atoms with Crippen molar-refractivity contribution in [3.05, 3.63) is 77.8 Å². The lowest BCUT2D eigenvalue weighted by molar-refractivity contribution is -0.114. The number of aromatic nitrogens is 2. The number of para-hydroxylation sites is 1. The number of rotatable bonds is 4. The molecule has 0 aliphatic carbocycles. The SMILES string of the molecule is CC(=O)Nc1nc(N(C)c2ccccc2)c2cc(-c3ccc(Cl)cc3)ccc2n1. The van der Waals surface area contributed by atoms with Crippen LogP contribution < -0.4 is 10.2 Å². The number of nitrogens with zero attached hydrogens (tertiary/aromatic N) is 3. The molecule has 0 radical (unpaired) electrons. The minimum absolute atomic E-state index is 0.213. The van der Waals surface area contributed by atoms with Gasteiger partial charge in [0.15, 0.2) is 0 Å². The number of anilines is 3. The van der Waals surface area contributed by atoms with Gasteiger partial charge in [0, 0.05) is 30.1 Å². The van der Waals surface area contributed by atoms with Crippen molar-refractivity contribution in [2.24, 2.45) is 0 Å². The number of benzene rings is 3. The fourth-order valence-electron chi connectivity index (χ4n) is 3.18. The Balaban J connectivity index is 1.89. The first-order valence-electron chi connectivity index (χ1n) is 9.15. The van der Waals surface area contributed by atoms with Crippen LogP contribution in [-0.2, 0) is 4.79 Å². The Morgan fingerprint density at radius 1 is 0.931 bits per heavy atom.